The van der Waals surface area contributed by atoms with Crippen molar-refractivity contribution in [3.63, 3.8) is 0 Å². The highest BCUT2D eigenvalue weighted by atomic mass is 15.1. The number of H-pyrrole nitrogens is 1. The molecular formula is C34H28N8. The second kappa shape index (κ2) is 11.3. The smallest absolute Gasteiger partial charge is 0.373 e. The van der Waals surface area contributed by atoms with Gasteiger partial charge < -0.3 is 4.85 Å². The zero-order chi connectivity index (χ0) is 28.3. The van der Waals surface area contributed by atoms with E-state index in [1.165, 1.54) is 11.3 Å². The van der Waals surface area contributed by atoms with E-state index < -0.39 is 0 Å². The number of benzene rings is 2. The molecule has 8 nitrogen and oxygen atoms in total. The first-order valence-electron chi connectivity index (χ1n) is 14.1. The van der Waals surface area contributed by atoms with Crippen LogP contribution in [0.5, 0.6) is 0 Å². The maximum atomic E-state index is 7.29. The van der Waals surface area contributed by atoms with Crippen LogP contribution in [0.25, 0.3) is 49.5 Å². The summed E-state index contributed by atoms with van der Waals surface area (Å²) < 4.78 is 0. The largest absolute Gasteiger partial charge is 0.394 e. The summed E-state index contributed by atoms with van der Waals surface area (Å²) in [7, 11) is 0. The van der Waals surface area contributed by atoms with Gasteiger partial charge in [0.2, 0.25) is 5.65 Å². The predicted molar refractivity (Wildman–Crippen MR) is 164 cm³/mol. The van der Waals surface area contributed by atoms with E-state index in [-0.39, 0.29) is 5.95 Å². The quantitative estimate of drug-likeness (QED) is 0.224. The SMILES string of the molecule is [C-]#[N+]c1ncc2cc(-c3ccccc3)c(-c3ccc(CN4CCC(c5cc(-c6ccncc6)n[nH]5)CC4)cc3)nc2n1. The minimum atomic E-state index is 0.106. The van der Waals surface area contributed by atoms with Crippen LogP contribution in [0.3, 0.4) is 0 Å². The van der Waals surface area contributed by atoms with Crippen molar-refractivity contribution in [2.45, 2.75) is 25.3 Å². The van der Waals surface area contributed by atoms with Gasteiger partial charge in [-0.2, -0.15) is 10.1 Å². The van der Waals surface area contributed by atoms with Crippen LogP contribution < -0.4 is 0 Å². The number of likely N-dealkylation sites (tertiary alicyclic amines) is 1. The molecule has 4 aromatic heterocycles. The van der Waals surface area contributed by atoms with Crippen molar-refractivity contribution < 1.29 is 0 Å². The molecule has 8 heteroatoms. The maximum absolute atomic E-state index is 7.29. The molecule has 2 aromatic carbocycles. The Balaban J connectivity index is 1.07. The molecule has 204 valence electrons. The zero-order valence-electron chi connectivity index (χ0n) is 23.0. The van der Waals surface area contributed by atoms with Gasteiger partial charge in [-0.25, -0.2) is 4.98 Å². The second-order valence-electron chi connectivity index (χ2n) is 10.6. The van der Waals surface area contributed by atoms with Crippen LogP contribution in [0.1, 0.15) is 30.0 Å². The third kappa shape index (κ3) is 5.26. The molecule has 42 heavy (non-hydrogen) atoms. The average molecular weight is 549 g/mol. The number of rotatable bonds is 6. The maximum Gasteiger partial charge on any atom is 0.373 e. The Morgan fingerprint density at radius 1 is 0.857 bits per heavy atom. The van der Waals surface area contributed by atoms with E-state index in [0.717, 1.165) is 71.5 Å². The van der Waals surface area contributed by atoms with Gasteiger partial charge in [-0.3, -0.25) is 15.0 Å². The van der Waals surface area contributed by atoms with Crippen molar-refractivity contribution in [2.24, 2.45) is 0 Å². The Morgan fingerprint density at radius 2 is 1.64 bits per heavy atom. The van der Waals surface area contributed by atoms with Crippen LogP contribution in [0.15, 0.2) is 97.5 Å². The lowest BCUT2D eigenvalue weighted by Crippen LogP contribution is -2.32. The van der Waals surface area contributed by atoms with Crippen LogP contribution in [0.2, 0.25) is 0 Å². The molecule has 1 fully saturated rings. The topological polar surface area (TPSA) is 87.8 Å². The van der Waals surface area contributed by atoms with Gasteiger partial charge in [-0.15, -0.1) is 11.6 Å². The molecule has 0 amide bonds. The fraction of sp³-hybridized carbons (Fsp3) is 0.176. The first kappa shape index (κ1) is 25.7. The molecule has 6 aromatic rings. The van der Waals surface area contributed by atoms with Crippen LogP contribution in [0.4, 0.5) is 5.95 Å². The van der Waals surface area contributed by atoms with Gasteiger partial charge in [0.25, 0.3) is 0 Å². The summed E-state index contributed by atoms with van der Waals surface area (Å²) >= 11 is 0. The van der Waals surface area contributed by atoms with Gasteiger partial charge in [-0.1, -0.05) is 54.6 Å². The third-order valence-electron chi connectivity index (χ3n) is 7.98. The third-order valence-corrected chi connectivity index (χ3v) is 7.98. The summed E-state index contributed by atoms with van der Waals surface area (Å²) in [6.45, 7) is 10.3. The van der Waals surface area contributed by atoms with Gasteiger partial charge in [0.05, 0.1) is 23.0 Å². The normalized spacial score (nSPS) is 14.2. The fourth-order valence-corrected chi connectivity index (χ4v) is 5.71. The summed E-state index contributed by atoms with van der Waals surface area (Å²) in [5, 5.41) is 8.63. The van der Waals surface area contributed by atoms with Crippen molar-refractivity contribution in [1.29, 1.82) is 0 Å². The molecule has 7 rings (SSSR count). The van der Waals surface area contributed by atoms with Crippen LogP contribution in [0, 0.1) is 6.57 Å². The van der Waals surface area contributed by atoms with E-state index in [4.69, 9.17) is 11.6 Å². The van der Waals surface area contributed by atoms with Crippen molar-refractivity contribution in [3.8, 4) is 33.6 Å². The summed E-state index contributed by atoms with van der Waals surface area (Å²) in [6.07, 6.45) is 7.49. The minimum Gasteiger partial charge on any atom is -0.394 e. The Labute approximate surface area is 244 Å². The summed E-state index contributed by atoms with van der Waals surface area (Å²) in [4.78, 5) is 23.4. The predicted octanol–water partition coefficient (Wildman–Crippen LogP) is 7.07. The summed E-state index contributed by atoms with van der Waals surface area (Å²) in [5.41, 5.74) is 9.05. The highest BCUT2D eigenvalue weighted by Crippen LogP contribution is 2.34. The number of nitrogens with one attached hydrogen (secondary N) is 1. The lowest BCUT2D eigenvalue weighted by molar-refractivity contribution is 0.203. The highest BCUT2D eigenvalue weighted by Gasteiger charge is 2.23. The molecule has 0 saturated carbocycles. The molecule has 0 spiro atoms. The standard InChI is InChI=1S/C34H28N8/c1-35-34-37-21-28-19-29(24-5-3-2-4-6-24)32(38-33(28)39-34)27-9-7-23(8-10-27)22-42-17-13-26(14-18-42)31-20-30(40-41-31)25-11-15-36-16-12-25/h2-12,15-16,19-21,26H,13-14,17-18,22H2,(H,40,41). The summed E-state index contributed by atoms with van der Waals surface area (Å²) in [5.74, 6) is 0.600. The van der Waals surface area contributed by atoms with Gasteiger partial charge in [0.1, 0.15) is 0 Å². The van der Waals surface area contributed by atoms with E-state index in [1.54, 1.807) is 18.6 Å². The van der Waals surface area contributed by atoms with Crippen LogP contribution >= 0.6 is 0 Å². The highest BCUT2D eigenvalue weighted by molar-refractivity contribution is 5.90. The van der Waals surface area contributed by atoms with Crippen molar-refractivity contribution in [3.05, 3.63) is 120 Å². The van der Waals surface area contributed by atoms with E-state index in [1.807, 2.05) is 30.3 Å². The van der Waals surface area contributed by atoms with E-state index in [9.17, 15) is 0 Å². The first-order chi connectivity index (χ1) is 20.7. The van der Waals surface area contributed by atoms with Gasteiger partial charge in [0, 0.05) is 47.2 Å². The Hall–Kier alpha value is -5.26. The number of piperidine rings is 1. The Morgan fingerprint density at radius 3 is 2.40 bits per heavy atom. The molecule has 1 saturated heterocycles. The molecule has 0 unspecified atom stereocenters. The molecular weight excluding hydrogens is 520 g/mol. The summed E-state index contributed by atoms with van der Waals surface area (Å²) in [6, 6.07) is 27.2. The number of aromatic amines is 1. The molecule has 0 atom stereocenters. The number of pyridine rings is 2. The van der Waals surface area contributed by atoms with Crippen molar-refractivity contribution >= 4 is 17.0 Å². The van der Waals surface area contributed by atoms with E-state index >= 15 is 0 Å². The fourth-order valence-electron chi connectivity index (χ4n) is 5.71. The Bertz CT molecular complexity index is 1870. The van der Waals surface area contributed by atoms with Gasteiger partial charge in [-0.05, 0) is 61.3 Å². The molecule has 0 bridgehead atoms. The number of aromatic nitrogens is 6. The molecule has 0 aliphatic carbocycles. The molecule has 0 radical (unpaired) electrons. The monoisotopic (exact) mass is 548 g/mol. The molecule has 1 aliphatic heterocycles. The van der Waals surface area contributed by atoms with Crippen molar-refractivity contribution in [2.75, 3.05) is 13.1 Å². The van der Waals surface area contributed by atoms with Gasteiger partial charge >= 0.3 is 5.95 Å². The molecule has 1 N–H and O–H groups in total. The molecule has 1 aliphatic rings. The van der Waals surface area contributed by atoms with E-state index in [2.05, 4.69) is 83.4 Å². The number of hydrogen-bond donors (Lipinski definition) is 1. The first-order valence-corrected chi connectivity index (χ1v) is 14.1. The minimum absolute atomic E-state index is 0.106. The average Bonchev–Trinajstić information content (AvgIpc) is 3.56. The molecule has 5 heterocycles. The van der Waals surface area contributed by atoms with Crippen LogP contribution in [-0.2, 0) is 6.54 Å². The number of nitrogens with zero attached hydrogens (tertiary/aromatic N) is 7. The Kier molecular flexibility index (Phi) is 6.92. The van der Waals surface area contributed by atoms with Crippen LogP contribution in [-0.4, -0.2) is 48.1 Å². The lowest BCUT2D eigenvalue weighted by atomic mass is 9.92. The number of fused-ring (bicyclic) bond motifs is 1. The van der Waals surface area contributed by atoms with E-state index in [0.29, 0.717) is 11.6 Å². The second-order valence-corrected chi connectivity index (χ2v) is 10.6. The zero-order valence-corrected chi connectivity index (χ0v) is 23.0. The van der Waals surface area contributed by atoms with Gasteiger partial charge in [0.15, 0.2) is 0 Å². The lowest BCUT2D eigenvalue weighted by Gasteiger charge is -2.31. The van der Waals surface area contributed by atoms with Crippen molar-refractivity contribution in [1.82, 2.24) is 35.0 Å². The number of hydrogen-bond acceptors (Lipinski definition) is 6.